The molecule has 1 heterocycles. The van der Waals surface area contributed by atoms with Crippen molar-refractivity contribution in [2.45, 2.75) is 79.1 Å². The molecule has 2 aliphatic rings. The average molecular weight is 577 g/mol. The summed E-state index contributed by atoms with van der Waals surface area (Å²) < 4.78 is 5.66. The third kappa shape index (κ3) is 11.1. The Balaban J connectivity index is 1.64. The summed E-state index contributed by atoms with van der Waals surface area (Å²) in [5, 5.41) is 7.57. The van der Waals surface area contributed by atoms with Crippen molar-refractivity contribution in [1.82, 2.24) is 10.2 Å². The van der Waals surface area contributed by atoms with Crippen LogP contribution < -0.4 is 0 Å². The van der Waals surface area contributed by atoms with Crippen LogP contribution in [0.25, 0.3) is 11.1 Å². The van der Waals surface area contributed by atoms with Gasteiger partial charge in [-0.15, -0.1) is 0 Å². The number of aromatic nitrogens is 2. The van der Waals surface area contributed by atoms with Gasteiger partial charge in [0.25, 0.3) is 0 Å². The third-order valence-electron chi connectivity index (χ3n) is 8.06. The first-order chi connectivity index (χ1) is 20.8. The van der Waals surface area contributed by atoms with Crippen molar-refractivity contribution in [3.05, 3.63) is 137 Å². The number of hydrogen-bond acceptors (Lipinski definition) is 2. The Morgan fingerprint density at radius 2 is 1.98 bits per heavy atom. The number of allylic oxidation sites excluding steroid dienone is 19. The van der Waals surface area contributed by atoms with E-state index in [-0.39, 0.29) is 0 Å². The van der Waals surface area contributed by atoms with Crippen molar-refractivity contribution in [2.24, 2.45) is 5.92 Å². The normalized spacial score (nSPS) is 22.0. The maximum atomic E-state index is 5.66. The van der Waals surface area contributed by atoms with E-state index in [4.69, 9.17) is 4.74 Å². The molecule has 0 saturated carbocycles. The van der Waals surface area contributed by atoms with E-state index in [2.05, 4.69) is 105 Å². The van der Waals surface area contributed by atoms with E-state index in [9.17, 15) is 0 Å². The Morgan fingerprint density at radius 1 is 1.14 bits per heavy atom. The Morgan fingerprint density at radius 3 is 2.74 bits per heavy atom. The lowest BCUT2D eigenvalue weighted by molar-refractivity contribution is 0.132. The first-order valence-electron chi connectivity index (χ1n) is 15.9. The topological polar surface area (TPSA) is 37.9 Å². The second-order valence-corrected chi connectivity index (χ2v) is 11.7. The molecule has 3 rings (SSSR count). The van der Waals surface area contributed by atoms with Crippen molar-refractivity contribution >= 4 is 11.1 Å². The Kier molecular flexibility index (Phi) is 14.2. The fraction of sp³-hybridized carbons (Fsp3) is 0.375. The largest absolute Gasteiger partial charge is 0.381 e. The van der Waals surface area contributed by atoms with Gasteiger partial charge in [0.15, 0.2) is 0 Å². The summed E-state index contributed by atoms with van der Waals surface area (Å²) >= 11 is 0. The molecule has 1 aromatic heterocycles. The Bertz CT molecular complexity index is 1380. The van der Waals surface area contributed by atoms with Gasteiger partial charge in [-0.25, -0.2) is 0 Å². The highest BCUT2D eigenvalue weighted by atomic mass is 16.5. The third-order valence-corrected chi connectivity index (χ3v) is 8.06. The van der Waals surface area contributed by atoms with Gasteiger partial charge < -0.3 is 4.74 Å². The molecule has 43 heavy (non-hydrogen) atoms. The summed E-state index contributed by atoms with van der Waals surface area (Å²) in [6.45, 7) is 22.9. The van der Waals surface area contributed by atoms with Gasteiger partial charge in [0, 0.05) is 25.0 Å². The summed E-state index contributed by atoms with van der Waals surface area (Å²) in [6.07, 6.45) is 34.7. The monoisotopic (exact) mass is 576 g/mol. The molecular weight excluding hydrogens is 524 g/mol. The number of nitrogens with zero attached hydrogens (tertiary/aromatic N) is 1. The molecule has 228 valence electrons. The fourth-order valence-corrected chi connectivity index (χ4v) is 5.48. The van der Waals surface area contributed by atoms with Crippen molar-refractivity contribution in [2.75, 3.05) is 13.2 Å². The quantitative estimate of drug-likeness (QED) is 0.136. The zero-order valence-electron chi connectivity index (χ0n) is 27.1. The summed E-state index contributed by atoms with van der Waals surface area (Å²) in [5.74, 6) is 0.620. The maximum Gasteiger partial charge on any atom is 0.0955 e. The molecule has 0 aliphatic heterocycles. The van der Waals surface area contributed by atoms with Gasteiger partial charge in [0.1, 0.15) is 0 Å². The van der Waals surface area contributed by atoms with Crippen molar-refractivity contribution in [3.8, 4) is 0 Å². The molecular formula is C40H52N2O. The molecule has 0 radical (unpaired) electrons. The number of hydrogen-bond donors (Lipinski definition) is 1. The summed E-state index contributed by atoms with van der Waals surface area (Å²) in [5.41, 5.74) is 11.6. The van der Waals surface area contributed by atoms with Gasteiger partial charge in [-0.05, 0) is 106 Å². The summed E-state index contributed by atoms with van der Waals surface area (Å²) in [7, 11) is 0. The first-order valence-corrected chi connectivity index (χ1v) is 15.9. The molecule has 1 N–H and O–H groups in total. The van der Waals surface area contributed by atoms with Crippen molar-refractivity contribution in [3.63, 3.8) is 0 Å². The lowest BCUT2D eigenvalue weighted by Crippen LogP contribution is -2.04. The lowest BCUT2D eigenvalue weighted by Gasteiger charge is -2.18. The van der Waals surface area contributed by atoms with Gasteiger partial charge in [-0.2, -0.15) is 5.10 Å². The van der Waals surface area contributed by atoms with E-state index in [0.29, 0.717) is 5.92 Å². The van der Waals surface area contributed by atoms with E-state index in [0.717, 1.165) is 90.9 Å². The van der Waals surface area contributed by atoms with Gasteiger partial charge in [0.05, 0.1) is 5.69 Å². The SMILES string of the molecule is C=C(C)/C=C\C=C(/C)c1n[nH]cc1C1=C\C=C\C(=C\C(=C/C)CC2=CCCC(C(=C)CCCOCCC)CC2)C(=C)/C=C\1. The van der Waals surface area contributed by atoms with E-state index < -0.39 is 0 Å². The number of nitrogens with one attached hydrogen (secondary N) is 1. The molecule has 1 unspecified atom stereocenters. The van der Waals surface area contributed by atoms with Crippen LogP contribution in [0.1, 0.15) is 90.3 Å². The second kappa shape index (κ2) is 18.1. The number of rotatable bonds is 14. The molecule has 0 aromatic carbocycles. The first kappa shape index (κ1) is 33.8. The second-order valence-electron chi connectivity index (χ2n) is 11.7. The van der Waals surface area contributed by atoms with Crippen LogP contribution in [0, 0.1) is 5.92 Å². The molecule has 1 atom stereocenters. The molecule has 0 spiro atoms. The van der Waals surface area contributed by atoms with Crippen LogP contribution in [0.3, 0.4) is 0 Å². The van der Waals surface area contributed by atoms with Crippen LogP contribution >= 0.6 is 0 Å². The summed E-state index contributed by atoms with van der Waals surface area (Å²) in [4.78, 5) is 0. The summed E-state index contributed by atoms with van der Waals surface area (Å²) in [6, 6.07) is 0. The Labute approximate surface area is 261 Å². The van der Waals surface area contributed by atoms with Gasteiger partial charge in [-0.1, -0.05) is 110 Å². The van der Waals surface area contributed by atoms with Gasteiger partial charge in [0.2, 0.25) is 0 Å². The molecule has 2 aliphatic carbocycles. The molecule has 1 aromatic rings. The molecule has 0 bridgehead atoms. The minimum Gasteiger partial charge on any atom is -0.381 e. The van der Waals surface area contributed by atoms with Crippen LogP contribution in [0.4, 0.5) is 0 Å². The van der Waals surface area contributed by atoms with E-state index >= 15 is 0 Å². The molecule has 3 heteroatoms. The highest BCUT2D eigenvalue weighted by Crippen LogP contribution is 2.33. The number of aromatic amines is 1. The highest BCUT2D eigenvalue weighted by Gasteiger charge is 2.17. The highest BCUT2D eigenvalue weighted by molar-refractivity contribution is 5.83. The van der Waals surface area contributed by atoms with Gasteiger partial charge in [-0.3, -0.25) is 5.10 Å². The molecule has 0 saturated heterocycles. The van der Waals surface area contributed by atoms with Crippen LogP contribution in [0.2, 0.25) is 0 Å². The lowest BCUT2D eigenvalue weighted by atomic mass is 9.88. The van der Waals surface area contributed by atoms with E-state index in [1.165, 1.54) is 24.0 Å². The van der Waals surface area contributed by atoms with Crippen LogP contribution in [-0.2, 0) is 4.74 Å². The van der Waals surface area contributed by atoms with E-state index in [1.54, 1.807) is 5.57 Å². The maximum absolute atomic E-state index is 5.66. The minimum absolute atomic E-state index is 0.620. The fourth-order valence-electron chi connectivity index (χ4n) is 5.48. The zero-order chi connectivity index (χ0) is 31.0. The smallest absolute Gasteiger partial charge is 0.0955 e. The molecule has 0 fully saturated rings. The molecule has 0 amide bonds. The zero-order valence-corrected chi connectivity index (χ0v) is 27.1. The van der Waals surface area contributed by atoms with Crippen LogP contribution in [0.15, 0.2) is 126 Å². The van der Waals surface area contributed by atoms with Gasteiger partial charge >= 0.3 is 0 Å². The van der Waals surface area contributed by atoms with Crippen LogP contribution in [0.5, 0.6) is 0 Å². The predicted octanol–water partition coefficient (Wildman–Crippen LogP) is 11.2. The molecule has 3 nitrogen and oxygen atoms in total. The van der Waals surface area contributed by atoms with E-state index in [1.807, 2.05) is 25.3 Å². The van der Waals surface area contributed by atoms with Crippen molar-refractivity contribution in [1.29, 1.82) is 0 Å². The average Bonchev–Trinajstić information content (AvgIpc) is 3.35. The predicted molar refractivity (Wildman–Crippen MR) is 188 cm³/mol. The van der Waals surface area contributed by atoms with Crippen molar-refractivity contribution < 1.29 is 4.74 Å². The number of H-pyrrole nitrogens is 1. The Hall–Kier alpha value is -3.69. The minimum atomic E-state index is 0.620. The number of ether oxygens (including phenoxy) is 1. The van der Waals surface area contributed by atoms with Crippen LogP contribution in [-0.4, -0.2) is 23.4 Å². The standard InChI is InChI=1S/C40H52N2O/c1-8-25-43-26-13-16-31(5)36-18-11-17-35(22-24-36)27-34(9-2)28-38-20-12-19-37(23-21-32(38)6)39-29-41-42-40(39)33(7)15-10-14-30(3)4/h9-10,12,14-15,17,19-21,23,28-29,36H,3,5-6,8,11,13,16,18,22,24-27H2,1-2,4,7H3,(H,41,42)/b14-10-,20-12+,23-21-,33-15+,34-9-,37-19-,38-28-.